The van der Waals surface area contributed by atoms with E-state index >= 15 is 0 Å². The van der Waals surface area contributed by atoms with Crippen molar-refractivity contribution in [3.63, 3.8) is 0 Å². The summed E-state index contributed by atoms with van der Waals surface area (Å²) in [5.74, 6) is 0.952. The van der Waals surface area contributed by atoms with Crippen molar-refractivity contribution in [1.82, 2.24) is 0 Å². The molecule has 1 unspecified atom stereocenters. The molecule has 0 amide bonds. The monoisotopic (exact) mass is 221 g/mol. The van der Waals surface area contributed by atoms with Crippen molar-refractivity contribution in [2.45, 2.75) is 19.4 Å². The van der Waals surface area contributed by atoms with Gasteiger partial charge in [0.2, 0.25) is 0 Å². The van der Waals surface area contributed by atoms with Gasteiger partial charge >= 0.3 is 0 Å². The van der Waals surface area contributed by atoms with Gasteiger partial charge in [-0.1, -0.05) is 12.1 Å². The number of thiophene rings is 1. The second-order valence-corrected chi connectivity index (χ2v) is 4.66. The molecule has 0 saturated heterocycles. The Balaban J connectivity index is 2.51. The fourth-order valence-electron chi connectivity index (χ4n) is 1.75. The standard InChI is InChI=1S/C12H15NOS/c1-8(13)6-9-7-15-12-10(9)4-3-5-11(12)14-2/h3-5,7-8H,6,13H2,1-2H3. The first kappa shape index (κ1) is 10.5. The van der Waals surface area contributed by atoms with Crippen LogP contribution in [0.5, 0.6) is 5.75 Å². The molecule has 0 fully saturated rings. The lowest BCUT2D eigenvalue weighted by molar-refractivity contribution is 0.420. The van der Waals surface area contributed by atoms with Gasteiger partial charge in [0.25, 0.3) is 0 Å². The van der Waals surface area contributed by atoms with Crippen LogP contribution in [0, 0.1) is 0 Å². The van der Waals surface area contributed by atoms with Crippen LogP contribution in [0.3, 0.4) is 0 Å². The highest BCUT2D eigenvalue weighted by atomic mass is 32.1. The van der Waals surface area contributed by atoms with Crippen molar-refractivity contribution in [3.8, 4) is 5.75 Å². The van der Waals surface area contributed by atoms with E-state index < -0.39 is 0 Å². The molecule has 1 atom stereocenters. The molecule has 2 aromatic rings. The Morgan fingerprint density at radius 3 is 2.93 bits per heavy atom. The van der Waals surface area contributed by atoms with Gasteiger partial charge in [-0.25, -0.2) is 0 Å². The fraction of sp³-hybridized carbons (Fsp3) is 0.333. The van der Waals surface area contributed by atoms with Crippen LogP contribution in [0.1, 0.15) is 12.5 Å². The molecule has 0 spiro atoms. The highest BCUT2D eigenvalue weighted by Gasteiger charge is 2.09. The van der Waals surface area contributed by atoms with Gasteiger partial charge in [-0.15, -0.1) is 11.3 Å². The van der Waals surface area contributed by atoms with E-state index in [1.54, 1.807) is 18.4 Å². The molecular formula is C12H15NOS. The van der Waals surface area contributed by atoms with E-state index in [-0.39, 0.29) is 6.04 Å². The van der Waals surface area contributed by atoms with Crippen LogP contribution in [0.4, 0.5) is 0 Å². The number of rotatable bonds is 3. The number of nitrogens with two attached hydrogens (primary N) is 1. The van der Waals surface area contributed by atoms with Crippen molar-refractivity contribution in [1.29, 1.82) is 0 Å². The fourth-order valence-corrected chi connectivity index (χ4v) is 2.83. The molecule has 3 heteroatoms. The van der Waals surface area contributed by atoms with Crippen molar-refractivity contribution < 1.29 is 4.74 Å². The molecule has 1 heterocycles. The van der Waals surface area contributed by atoms with Crippen molar-refractivity contribution in [2.75, 3.05) is 7.11 Å². The smallest absolute Gasteiger partial charge is 0.136 e. The molecule has 2 nitrogen and oxygen atoms in total. The van der Waals surface area contributed by atoms with Crippen molar-refractivity contribution >= 4 is 21.4 Å². The summed E-state index contributed by atoms with van der Waals surface area (Å²) in [6.45, 7) is 2.03. The molecule has 15 heavy (non-hydrogen) atoms. The number of hydrogen-bond acceptors (Lipinski definition) is 3. The van der Waals surface area contributed by atoms with Crippen LogP contribution in [-0.2, 0) is 6.42 Å². The molecule has 0 radical (unpaired) electrons. The van der Waals surface area contributed by atoms with E-state index in [1.807, 2.05) is 19.1 Å². The molecule has 0 saturated carbocycles. The van der Waals surface area contributed by atoms with Gasteiger partial charge in [0, 0.05) is 6.04 Å². The summed E-state index contributed by atoms with van der Waals surface area (Å²) in [4.78, 5) is 0. The van der Waals surface area contributed by atoms with Gasteiger partial charge in [-0.05, 0) is 35.7 Å². The van der Waals surface area contributed by atoms with Crippen LogP contribution in [0.15, 0.2) is 23.6 Å². The third kappa shape index (κ3) is 1.98. The molecule has 80 valence electrons. The van der Waals surface area contributed by atoms with E-state index in [9.17, 15) is 0 Å². The summed E-state index contributed by atoms with van der Waals surface area (Å²) < 4.78 is 6.54. The van der Waals surface area contributed by atoms with Crippen molar-refractivity contribution in [3.05, 3.63) is 29.1 Å². The lowest BCUT2D eigenvalue weighted by atomic mass is 10.1. The first-order valence-corrected chi connectivity index (χ1v) is 5.89. The minimum absolute atomic E-state index is 0.203. The number of hydrogen-bond donors (Lipinski definition) is 1. The number of fused-ring (bicyclic) bond motifs is 1. The van der Waals surface area contributed by atoms with Gasteiger partial charge < -0.3 is 10.5 Å². The van der Waals surface area contributed by atoms with Crippen LogP contribution in [0.25, 0.3) is 10.1 Å². The third-order valence-electron chi connectivity index (χ3n) is 2.41. The zero-order chi connectivity index (χ0) is 10.8. The quantitative estimate of drug-likeness (QED) is 0.865. The van der Waals surface area contributed by atoms with Crippen LogP contribution in [0.2, 0.25) is 0 Å². The molecule has 0 bridgehead atoms. The highest BCUT2D eigenvalue weighted by Crippen LogP contribution is 2.33. The average Bonchev–Trinajstić information content (AvgIpc) is 2.61. The Bertz CT molecular complexity index is 462. The Labute approximate surface area is 93.7 Å². The zero-order valence-corrected chi connectivity index (χ0v) is 9.80. The minimum Gasteiger partial charge on any atom is -0.495 e. The number of benzene rings is 1. The van der Waals surface area contributed by atoms with Gasteiger partial charge in [0.05, 0.1) is 11.8 Å². The maximum absolute atomic E-state index is 5.82. The average molecular weight is 221 g/mol. The molecule has 0 aliphatic carbocycles. The number of methoxy groups -OCH3 is 1. The first-order valence-electron chi connectivity index (χ1n) is 5.01. The zero-order valence-electron chi connectivity index (χ0n) is 8.99. The SMILES string of the molecule is COc1cccc2c(CC(C)N)csc12. The Morgan fingerprint density at radius 1 is 1.47 bits per heavy atom. The van der Waals surface area contributed by atoms with Crippen LogP contribution in [-0.4, -0.2) is 13.2 Å². The summed E-state index contributed by atoms with van der Waals surface area (Å²) in [6.07, 6.45) is 0.924. The topological polar surface area (TPSA) is 35.2 Å². The second-order valence-electron chi connectivity index (χ2n) is 3.78. The van der Waals surface area contributed by atoms with Gasteiger partial charge in [0.15, 0.2) is 0 Å². The summed E-state index contributed by atoms with van der Waals surface area (Å²) >= 11 is 1.73. The summed E-state index contributed by atoms with van der Waals surface area (Å²) in [5, 5.41) is 3.45. The maximum Gasteiger partial charge on any atom is 0.136 e. The summed E-state index contributed by atoms with van der Waals surface area (Å²) in [6, 6.07) is 6.35. The van der Waals surface area contributed by atoms with Crippen LogP contribution >= 0.6 is 11.3 Å². The summed E-state index contributed by atoms with van der Waals surface area (Å²) in [7, 11) is 1.71. The molecule has 2 N–H and O–H groups in total. The Morgan fingerprint density at radius 2 is 2.27 bits per heavy atom. The van der Waals surface area contributed by atoms with E-state index in [0.29, 0.717) is 0 Å². The molecule has 1 aromatic heterocycles. The van der Waals surface area contributed by atoms with Gasteiger partial charge in [-0.2, -0.15) is 0 Å². The Hall–Kier alpha value is -1.06. The minimum atomic E-state index is 0.203. The molecule has 0 aliphatic rings. The lowest BCUT2D eigenvalue weighted by Gasteiger charge is -2.04. The van der Waals surface area contributed by atoms with E-state index in [4.69, 9.17) is 10.5 Å². The molecular weight excluding hydrogens is 206 g/mol. The first-order chi connectivity index (χ1) is 7.22. The molecule has 0 aliphatic heterocycles. The third-order valence-corrected chi connectivity index (χ3v) is 3.46. The van der Waals surface area contributed by atoms with E-state index in [2.05, 4.69) is 11.4 Å². The maximum atomic E-state index is 5.82. The van der Waals surface area contributed by atoms with Gasteiger partial charge in [-0.3, -0.25) is 0 Å². The lowest BCUT2D eigenvalue weighted by Crippen LogP contribution is -2.17. The largest absolute Gasteiger partial charge is 0.495 e. The van der Waals surface area contributed by atoms with Gasteiger partial charge in [0.1, 0.15) is 5.75 Å². The highest BCUT2D eigenvalue weighted by molar-refractivity contribution is 7.17. The van der Waals surface area contributed by atoms with Crippen molar-refractivity contribution in [2.24, 2.45) is 5.73 Å². The van der Waals surface area contributed by atoms with Crippen LogP contribution < -0.4 is 10.5 Å². The Kier molecular flexibility index (Phi) is 2.93. The van der Waals surface area contributed by atoms with E-state index in [1.165, 1.54) is 15.6 Å². The summed E-state index contributed by atoms with van der Waals surface area (Å²) in [5.41, 5.74) is 7.14. The molecule has 1 aromatic carbocycles. The predicted octanol–water partition coefficient (Wildman–Crippen LogP) is 2.80. The molecule has 2 rings (SSSR count). The van der Waals surface area contributed by atoms with E-state index in [0.717, 1.165) is 12.2 Å². The second kappa shape index (κ2) is 4.21. The predicted molar refractivity (Wildman–Crippen MR) is 65.7 cm³/mol. The normalized spacial score (nSPS) is 13.0. The number of ether oxygens (including phenoxy) is 1.